The normalized spacial score (nSPS) is 10.3. The Kier molecular flexibility index (Phi) is 5.24. The van der Waals surface area contributed by atoms with E-state index in [1.54, 1.807) is 12.1 Å². The second-order valence-electron chi connectivity index (χ2n) is 3.72. The van der Waals surface area contributed by atoms with Crippen LogP contribution >= 0.6 is 23.6 Å². The van der Waals surface area contributed by atoms with Crippen LogP contribution in [0.3, 0.4) is 0 Å². The zero-order valence-electron chi connectivity index (χ0n) is 10.7. The number of hydrogen-bond donors (Lipinski definition) is 3. The largest absolute Gasteiger partial charge is 0.459 e. The van der Waals surface area contributed by atoms with Gasteiger partial charge in [0.05, 0.1) is 6.26 Å². The van der Waals surface area contributed by atoms with Crippen LogP contribution in [0.2, 0.25) is 0 Å². The molecule has 21 heavy (non-hydrogen) atoms. The van der Waals surface area contributed by atoms with E-state index in [1.807, 2.05) is 17.5 Å². The molecule has 3 N–H and O–H groups in total. The van der Waals surface area contributed by atoms with E-state index in [-0.39, 0.29) is 10.9 Å². The minimum Gasteiger partial charge on any atom is -0.459 e. The summed E-state index contributed by atoms with van der Waals surface area (Å²) < 4.78 is 4.90. The van der Waals surface area contributed by atoms with Gasteiger partial charge in [-0.3, -0.25) is 25.8 Å². The van der Waals surface area contributed by atoms with Gasteiger partial charge in [-0.25, -0.2) is 0 Å². The number of thiocarbonyl (C=S) groups is 1. The fourth-order valence-corrected chi connectivity index (χ4v) is 2.08. The van der Waals surface area contributed by atoms with E-state index in [4.69, 9.17) is 16.6 Å². The molecular weight excluding hydrogens is 310 g/mol. The molecule has 2 heterocycles. The Hall–Kier alpha value is -2.45. The first-order valence-corrected chi connectivity index (χ1v) is 7.10. The highest BCUT2D eigenvalue weighted by Crippen LogP contribution is 2.09. The van der Waals surface area contributed by atoms with Gasteiger partial charge in [-0.05, 0) is 41.9 Å². The molecule has 0 saturated carbocycles. The molecule has 0 fully saturated rings. The number of furan rings is 1. The van der Waals surface area contributed by atoms with Crippen LogP contribution in [-0.2, 0) is 4.79 Å². The number of hydrogen-bond acceptors (Lipinski definition) is 5. The highest BCUT2D eigenvalue weighted by Gasteiger charge is 2.08. The molecule has 0 bridgehead atoms. The molecule has 2 aromatic rings. The quantitative estimate of drug-likeness (QED) is 0.455. The number of carbonyl (C=O) groups is 2. The van der Waals surface area contributed by atoms with Crippen LogP contribution in [0.4, 0.5) is 0 Å². The zero-order valence-corrected chi connectivity index (χ0v) is 12.3. The van der Waals surface area contributed by atoms with Crippen molar-refractivity contribution in [3.05, 3.63) is 52.6 Å². The van der Waals surface area contributed by atoms with Gasteiger partial charge in [-0.15, -0.1) is 11.3 Å². The number of hydrazine groups is 1. The fourth-order valence-electron chi connectivity index (χ4n) is 1.31. The van der Waals surface area contributed by atoms with Crippen LogP contribution in [0.1, 0.15) is 15.4 Å². The van der Waals surface area contributed by atoms with Gasteiger partial charge in [0.1, 0.15) is 0 Å². The van der Waals surface area contributed by atoms with E-state index in [9.17, 15) is 9.59 Å². The van der Waals surface area contributed by atoms with Crippen molar-refractivity contribution >= 4 is 46.6 Å². The van der Waals surface area contributed by atoms with E-state index in [2.05, 4.69) is 16.2 Å². The summed E-state index contributed by atoms with van der Waals surface area (Å²) in [5.41, 5.74) is 4.70. The minimum atomic E-state index is -0.495. The average molecular weight is 321 g/mol. The van der Waals surface area contributed by atoms with Gasteiger partial charge in [0.25, 0.3) is 0 Å². The monoisotopic (exact) mass is 321 g/mol. The second-order valence-corrected chi connectivity index (χ2v) is 5.11. The van der Waals surface area contributed by atoms with Crippen LogP contribution in [0.15, 0.2) is 46.4 Å². The van der Waals surface area contributed by atoms with E-state index in [0.717, 1.165) is 4.88 Å². The van der Waals surface area contributed by atoms with Crippen molar-refractivity contribution in [2.45, 2.75) is 0 Å². The lowest BCUT2D eigenvalue weighted by Gasteiger charge is -2.08. The van der Waals surface area contributed by atoms with E-state index in [0.29, 0.717) is 0 Å². The van der Waals surface area contributed by atoms with Crippen LogP contribution in [0.25, 0.3) is 6.08 Å². The van der Waals surface area contributed by atoms with Crippen molar-refractivity contribution in [1.29, 1.82) is 0 Å². The van der Waals surface area contributed by atoms with Crippen molar-refractivity contribution < 1.29 is 14.0 Å². The Bertz CT molecular complexity index is 648. The molecule has 0 spiro atoms. The van der Waals surface area contributed by atoms with Gasteiger partial charge < -0.3 is 4.42 Å². The minimum absolute atomic E-state index is 0.0178. The summed E-state index contributed by atoms with van der Waals surface area (Å²) in [5.74, 6) is -0.756. The summed E-state index contributed by atoms with van der Waals surface area (Å²) in [6, 6.07) is 6.86. The van der Waals surface area contributed by atoms with Gasteiger partial charge in [0, 0.05) is 11.0 Å². The molecule has 0 aromatic carbocycles. The van der Waals surface area contributed by atoms with E-state index >= 15 is 0 Å². The third-order valence-electron chi connectivity index (χ3n) is 2.21. The number of rotatable bonds is 3. The summed E-state index contributed by atoms with van der Waals surface area (Å²) in [6.07, 6.45) is 4.41. The van der Waals surface area contributed by atoms with Crippen LogP contribution in [-0.4, -0.2) is 16.9 Å². The highest BCUT2D eigenvalue weighted by atomic mass is 32.1. The predicted molar refractivity (Wildman–Crippen MR) is 83.4 cm³/mol. The summed E-state index contributed by atoms with van der Waals surface area (Å²) in [4.78, 5) is 24.0. The number of thiophene rings is 1. The zero-order chi connectivity index (χ0) is 15.1. The first-order valence-electron chi connectivity index (χ1n) is 5.81. The van der Waals surface area contributed by atoms with Gasteiger partial charge in [0.2, 0.25) is 5.91 Å². The number of nitrogens with one attached hydrogen (secondary N) is 3. The summed E-state index contributed by atoms with van der Waals surface area (Å²) in [7, 11) is 0. The summed E-state index contributed by atoms with van der Waals surface area (Å²) in [5, 5.41) is 4.29. The smallest absolute Gasteiger partial charge is 0.305 e. The lowest BCUT2D eigenvalue weighted by Crippen LogP contribution is -2.48. The third kappa shape index (κ3) is 4.86. The molecule has 0 unspecified atom stereocenters. The third-order valence-corrected chi connectivity index (χ3v) is 3.26. The molecule has 6 nitrogen and oxygen atoms in total. The Morgan fingerprint density at radius 2 is 2.10 bits per heavy atom. The van der Waals surface area contributed by atoms with Crippen LogP contribution in [0.5, 0.6) is 0 Å². The Morgan fingerprint density at radius 1 is 1.24 bits per heavy atom. The molecule has 2 rings (SSSR count). The fraction of sp³-hybridized carbons (Fsp3) is 0. The molecule has 0 aliphatic carbocycles. The lowest BCUT2D eigenvalue weighted by atomic mass is 10.4. The first kappa shape index (κ1) is 14.9. The topological polar surface area (TPSA) is 83.4 Å². The molecule has 0 atom stereocenters. The molecular formula is C13H11N3O3S2. The standard InChI is InChI=1S/C13H11N3O3S2/c17-11(6-5-9-3-2-8-21-9)14-13(20)16-15-12(18)10-4-1-7-19-10/h1-8H,(H,15,18)(H2,14,16,17,20). The van der Waals surface area contributed by atoms with E-state index < -0.39 is 11.8 Å². The van der Waals surface area contributed by atoms with Crippen molar-refractivity contribution in [2.24, 2.45) is 0 Å². The van der Waals surface area contributed by atoms with Crippen LogP contribution < -0.4 is 16.2 Å². The molecule has 108 valence electrons. The first-order chi connectivity index (χ1) is 10.1. The van der Waals surface area contributed by atoms with Crippen molar-refractivity contribution in [3.63, 3.8) is 0 Å². The number of carbonyl (C=O) groups excluding carboxylic acids is 2. The molecule has 2 amide bonds. The average Bonchev–Trinajstić information content (AvgIpc) is 3.15. The Balaban J connectivity index is 1.74. The maximum Gasteiger partial charge on any atom is 0.305 e. The van der Waals surface area contributed by atoms with Gasteiger partial charge >= 0.3 is 5.91 Å². The van der Waals surface area contributed by atoms with Gasteiger partial charge in [-0.1, -0.05) is 6.07 Å². The second kappa shape index (κ2) is 7.36. The lowest BCUT2D eigenvalue weighted by molar-refractivity contribution is -0.115. The van der Waals surface area contributed by atoms with Crippen molar-refractivity contribution in [1.82, 2.24) is 16.2 Å². The van der Waals surface area contributed by atoms with E-state index in [1.165, 1.54) is 29.7 Å². The Morgan fingerprint density at radius 3 is 2.76 bits per heavy atom. The maximum atomic E-state index is 11.6. The maximum absolute atomic E-state index is 11.6. The molecule has 0 aliphatic heterocycles. The van der Waals surface area contributed by atoms with Crippen LogP contribution in [0, 0.1) is 0 Å². The van der Waals surface area contributed by atoms with Crippen molar-refractivity contribution in [2.75, 3.05) is 0 Å². The highest BCUT2D eigenvalue weighted by molar-refractivity contribution is 7.80. The SMILES string of the molecule is O=C(C=Cc1cccs1)NC(=S)NNC(=O)c1ccco1. The molecule has 2 aromatic heterocycles. The van der Waals surface area contributed by atoms with Gasteiger partial charge in [0.15, 0.2) is 10.9 Å². The summed E-state index contributed by atoms with van der Waals surface area (Å²) >= 11 is 6.39. The number of amides is 2. The Labute approximate surface area is 129 Å². The molecule has 0 radical (unpaired) electrons. The molecule has 0 aliphatic rings. The predicted octanol–water partition coefficient (Wildman–Crippen LogP) is 1.69. The molecule has 8 heteroatoms. The summed E-state index contributed by atoms with van der Waals surface area (Å²) in [6.45, 7) is 0. The molecule has 0 saturated heterocycles. The van der Waals surface area contributed by atoms with Crippen molar-refractivity contribution in [3.8, 4) is 0 Å². The van der Waals surface area contributed by atoms with Gasteiger partial charge in [-0.2, -0.15) is 0 Å².